The number of aromatic nitrogens is 2. The van der Waals surface area contributed by atoms with Crippen LogP contribution in [0.15, 0.2) is 36.4 Å². The summed E-state index contributed by atoms with van der Waals surface area (Å²) >= 11 is 0. The van der Waals surface area contributed by atoms with Crippen molar-refractivity contribution in [1.82, 2.24) is 14.5 Å². The zero-order chi connectivity index (χ0) is 21.7. The van der Waals surface area contributed by atoms with E-state index in [0.717, 1.165) is 43.1 Å². The SMILES string of the molecule is CCN(CC)CCn1c(Cc2ccc(OC)c(OC)c2)nc2cc([N+](=O)[O-])ccc21. The second-order valence-corrected chi connectivity index (χ2v) is 7.00. The smallest absolute Gasteiger partial charge is 0.271 e. The molecule has 0 spiro atoms. The van der Waals surface area contributed by atoms with Gasteiger partial charge in [0, 0.05) is 31.6 Å². The van der Waals surface area contributed by atoms with E-state index in [0.29, 0.717) is 23.4 Å². The minimum atomic E-state index is -0.387. The van der Waals surface area contributed by atoms with Crippen LogP contribution in [0.4, 0.5) is 5.69 Å². The van der Waals surface area contributed by atoms with Crippen molar-refractivity contribution in [3.63, 3.8) is 0 Å². The van der Waals surface area contributed by atoms with E-state index in [2.05, 4.69) is 23.3 Å². The zero-order valence-corrected chi connectivity index (χ0v) is 17.9. The van der Waals surface area contributed by atoms with Crippen LogP contribution < -0.4 is 9.47 Å². The monoisotopic (exact) mass is 412 g/mol. The normalized spacial score (nSPS) is 11.2. The molecule has 1 heterocycles. The molecule has 0 aliphatic rings. The number of likely N-dealkylation sites (N-methyl/N-ethyl adjacent to an activating group) is 1. The van der Waals surface area contributed by atoms with Crippen molar-refractivity contribution in [1.29, 1.82) is 0 Å². The molecule has 3 aromatic rings. The molecule has 160 valence electrons. The Bertz CT molecular complexity index is 1030. The second kappa shape index (κ2) is 9.58. The van der Waals surface area contributed by atoms with E-state index in [9.17, 15) is 10.1 Å². The first-order chi connectivity index (χ1) is 14.5. The molecule has 0 aliphatic heterocycles. The fourth-order valence-corrected chi connectivity index (χ4v) is 3.62. The fourth-order valence-electron chi connectivity index (χ4n) is 3.62. The number of nitrogens with zero attached hydrogens (tertiary/aromatic N) is 4. The molecule has 0 N–H and O–H groups in total. The number of methoxy groups -OCH3 is 2. The Morgan fingerprint density at radius 2 is 1.80 bits per heavy atom. The van der Waals surface area contributed by atoms with Gasteiger partial charge in [0.1, 0.15) is 5.82 Å². The number of hydrogen-bond acceptors (Lipinski definition) is 6. The van der Waals surface area contributed by atoms with Gasteiger partial charge in [-0.25, -0.2) is 4.98 Å². The van der Waals surface area contributed by atoms with Crippen LogP contribution in [0.1, 0.15) is 25.2 Å². The van der Waals surface area contributed by atoms with Crippen LogP contribution in [0, 0.1) is 10.1 Å². The summed E-state index contributed by atoms with van der Waals surface area (Å²) in [5.41, 5.74) is 2.62. The van der Waals surface area contributed by atoms with Crippen LogP contribution in [-0.2, 0) is 13.0 Å². The molecule has 0 unspecified atom stereocenters. The first-order valence-electron chi connectivity index (χ1n) is 10.1. The Kier molecular flexibility index (Phi) is 6.89. The van der Waals surface area contributed by atoms with Gasteiger partial charge in [-0.15, -0.1) is 0 Å². The number of ether oxygens (including phenoxy) is 2. The Hall–Kier alpha value is -3.13. The average molecular weight is 412 g/mol. The van der Waals surface area contributed by atoms with Crippen molar-refractivity contribution >= 4 is 16.7 Å². The van der Waals surface area contributed by atoms with Crippen LogP contribution in [0.25, 0.3) is 11.0 Å². The standard InChI is InChI=1S/C22H28N4O4/c1-5-24(6-2)11-12-25-19-9-8-17(26(27)28)15-18(19)23-22(25)14-16-7-10-20(29-3)21(13-16)30-4/h7-10,13,15H,5-6,11-12,14H2,1-4H3. The van der Waals surface area contributed by atoms with E-state index < -0.39 is 0 Å². The fraction of sp³-hybridized carbons (Fsp3) is 0.409. The van der Waals surface area contributed by atoms with Crippen molar-refractivity contribution < 1.29 is 14.4 Å². The molecule has 0 aliphatic carbocycles. The number of benzene rings is 2. The zero-order valence-electron chi connectivity index (χ0n) is 17.9. The highest BCUT2D eigenvalue weighted by Crippen LogP contribution is 2.29. The number of nitro benzene ring substituents is 1. The maximum Gasteiger partial charge on any atom is 0.271 e. The first kappa shape index (κ1) is 21.6. The molecule has 1 aromatic heterocycles. The van der Waals surface area contributed by atoms with Crippen molar-refractivity contribution in [2.45, 2.75) is 26.8 Å². The number of non-ortho nitro benzene ring substituents is 1. The lowest BCUT2D eigenvalue weighted by Crippen LogP contribution is -2.27. The van der Waals surface area contributed by atoms with Crippen molar-refractivity contribution in [2.75, 3.05) is 33.9 Å². The molecule has 30 heavy (non-hydrogen) atoms. The molecule has 0 saturated heterocycles. The topological polar surface area (TPSA) is 82.7 Å². The van der Waals surface area contributed by atoms with E-state index >= 15 is 0 Å². The highest BCUT2D eigenvalue weighted by Gasteiger charge is 2.16. The lowest BCUT2D eigenvalue weighted by Gasteiger charge is -2.19. The third-order valence-electron chi connectivity index (χ3n) is 5.37. The van der Waals surface area contributed by atoms with Crippen molar-refractivity contribution in [3.05, 3.63) is 57.9 Å². The molecular weight excluding hydrogens is 384 g/mol. The summed E-state index contributed by atoms with van der Waals surface area (Å²) < 4.78 is 12.9. The van der Waals surface area contributed by atoms with Gasteiger partial charge in [0.15, 0.2) is 11.5 Å². The summed E-state index contributed by atoms with van der Waals surface area (Å²) in [6.45, 7) is 7.87. The van der Waals surface area contributed by atoms with Gasteiger partial charge in [-0.1, -0.05) is 19.9 Å². The van der Waals surface area contributed by atoms with Crippen LogP contribution in [0.3, 0.4) is 0 Å². The lowest BCUT2D eigenvalue weighted by molar-refractivity contribution is -0.384. The number of nitro groups is 1. The molecule has 0 saturated carbocycles. The molecule has 0 atom stereocenters. The second-order valence-electron chi connectivity index (χ2n) is 7.00. The van der Waals surface area contributed by atoms with Crippen LogP contribution in [0.5, 0.6) is 11.5 Å². The highest BCUT2D eigenvalue weighted by atomic mass is 16.6. The number of imidazole rings is 1. The van der Waals surface area contributed by atoms with Crippen LogP contribution in [-0.4, -0.2) is 53.2 Å². The Morgan fingerprint density at radius 3 is 2.43 bits per heavy atom. The minimum absolute atomic E-state index is 0.0496. The van der Waals surface area contributed by atoms with Crippen LogP contribution >= 0.6 is 0 Å². The largest absolute Gasteiger partial charge is 0.493 e. The predicted molar refractivity (Wildman–Crippen MR) is 117 cm³/mol. The van der Waals surface area contributed by atoms with E-state index in [4.69, 9.17) is 14.5 Å². The van der Waals surface area contributed by atoms with Crippen molar-refractivity contribution in [3.8, 4) is 11.5 Å². The minimum Gasteiger partial charge on any atom is -0.493 e. The Morgan fingerprint density at radius 1 is 1.07 bits per heavy atom. The van der Waals surface area contributed by atoms with E-state index in [1.807, 2.05) is 18.2 Å². The van der Waals surface area contributed by atoms with Crippen LogP contribution in [0.2, 0.25) is 0 Å². The molecule has 2 aromatic carbocycles. The first-order valence-corrected chi connectivity index (χ1v) is 10.1. The lowest BCUT2D eigenvalue weighted by atomic mass is 10.1. The van der Waals surface area contributed by atoms with E-state index in [1.54, 1.807) is 26.4 Å². The summed E-state index contributed by atoms with van der Waals surface area (Å²) in [7, 11) is 3.22. The van der Waals surface area contributed by atoms with Gasteiger partial charge in [-0.3, -0.25) is 10.1 Å². The number of rotatable bonds is 10. The molecule has 0 amide bonds. The van der Waals surface area contributed by atoms with Gasteiger partial charge >= 0.3 is 0 Å². The summed E-state index contributed by atoms with van der Waals surface area (Å²) in [5.74, 6) is 2.20. The highest BCUT2D eigenvalue weighted by molar-refractivity contribution is 5.79. The third-order valence-corrected chi connectivity index (χ3v) is 5.37. The third kappa shape index (κ3) is 4.54. The summed E-state index contributed by atoms with van der Waals surface area (Å²) in [6, 6.07) is 10.7. The Balaban J connectivity index is 2.00. The average Bonchev–Trinajstić information content (AvgIpc) is 3.10. The number of fused-ring (bicyclic) bond motifs is 1. The molecule has 0 bridgehead atoms. The summed E-state index contributed by atoms with van der Waals surface area (Å²) in [5, 5.41) is 11.2. The maximum absolute atomic E-state index is 11.2. The van der Waals surface area contributed by atoms with Gasteiger partial charge in [-0.05, 0) is 36.9 Å². The number of hydrogen-bond donors (Lipinski definition) is 0. The molecule has 3 rings (SSSR count). The molecule has 8 heteroatoms. The predicted octanol–water partition coefficient (Wildman–Crippen LogP) is 3.89. The van der Waals surface area contributed by atoms with Gasteiger partial charge < -0.3 is 18.9 Å². The molecule has 0 radical (unpaired) electrons. The van der Waals surface area contributed by atoms with Gasteiger partial charge in [-0.2, -0.15) is 0 Å². The van der Waals surface area contributed by atoms with E-state index in [1.165, 1.54) is 6.07 Å². The summed E-state index contributed by atoms with van der Waals surface area (Å²) in [6.07, 6.45) is 0.584. The maximum atomic E-state index is 11.2. The molecule has 0 fully saturated rings. The molecular formula is C22H28N4O4. The van der Waals surface area contributed by atoms with Gasteiger partial charge in [0.25, 0.3) is 5.69 Å². The summed E-state index contributed by atoms with van der Waals surface area (Å²) in [4.78, 5) is 17.9. The quantitative estimate of drug-likeness (QED) is 0.371. The van der Waals surface area contributed by atoms with E-state index in [-0.39, 0.29) is 10.6 Å². The van der Waals surface area contributed by atoms with Gasteiger partial charge in [0.2, 0.25) is 0 Å². The van der Waals surface area contributed by atoms with Gasteiger partial charge in [0.05, 0.1) is 30.2 Å². The molecule has 8 nitrogen and oxygen atoms in total. The Labute approximate surface area is 176 Å². The van der Waals surface area contributed by atoms with Crippen molar-refractivity contribution in [2.24, 2.45) is 0 Å².